The molecule has 16 nitrogen and oxygen atoms in total. The fourth-order valence-corrected chi connectivity index (χ4v) is 6.44. The minimum atomic E-state index is -5.88. The number of aliphatic hydroxyl groups is 2. The van der Waals surface area contributed by atoms with Gasteiger partial charge in [0.05, 0.1) is 0 Å². The van der Waals surface area contributed by atoms with Gasteiger partial charge in [-0.3, -0.25) is 9.32 Å². The van der Waals surface area contributed by atoms with Gasteiger partial charge in [-0.1, -0.05) is 6.58 Å². The van der Waals surface area contributed by atoms with E-state index in [0.29, 0.717) is 11.1 Å². The van der Waals surface area contributed by atoms with E-state index in [9.17, 15) is 47.3 Å². The minimum absolute atomic E-state index is 0.401. The highest BCUT2D eigenvalue weighted by Gasteiger charge is 2.63. The number of alkyl halides is 1. The van der Waals surface area contributed by atoms with E-state index in [4.69, 9.17) is 14.5 Å². The van der Waals surface area contributed by atoms with Gasteiger partial charge in [0, 0.05) is 6.20 Å². The average molecular weight is 560 g/mol. The zero-order valence-corrected chi connectivity index (χ0v) is 19.9. The first-order valence-corrected chi connectivity index (χ1v) is 13.3. The monoisotopic (exact) mass is 560 g/mol. The molecule has 0 radical (unpaired) electrons. The Morgan fingerprint density at radius 1 is 1.24 bits per heavy atom. The van der Waals surface area contributed by atoms with E-state index in [1.165, 1.54) is 0 Å². The van der Waals surface area contributed by atoms with Gasteiger partial charge in [0.15, 0.2) is 11.8 Å². The Hall–Kier alpha value is -1.10. The van der Waals surface area contributed by atoms with Crippen LogP contribution < -0.4 is 5.32 Å². The van der Waals surface area contributed by atoms with E-state index in [-0.39, 0.29) is 0 Å². The van der Waals surface area contributed by atoms with Gasteiger partial charge in [0.2, 0.25) is 5.83 Å². The molecule has 1 fully saturated rings. The number of nitrogens with zero attached hydrogens (tertiary/aromatic N) is 1. The second-order valence-electron chi connectivity index (χ2n) is 7.55. The molecule has 196 valence electrons. The van der Waals surface area contributed by atoms with Crippen LogP contribution in [0.2, 0.25) is 0 Å². The molecule has 1 amide bonds. The number of hydrogen-bond donors (Lipinski definition) is 7. The van der Waals surface area contributed by atoms with Crippen LogP contribution in [0.3, 0.4) is 0 Å². The summed E-state index contributed by atoms with van der Waals surface area (Å²) in [6, 6.07) is 0. The van der Waals surface area contributed by atoms with Crippen molar-refractivity contribution in [2.24, 2.45) is 0 Å². The van der Waals surface area contributed by atoms with Crippen molar-refractivity contribution in [2.75, 3.05) is 6.67 Å². The highest BCUT2D eigenvalue weighted by molar-refractivity contribution is 7.66. The number of carbonyl (C=O) groups excluding carboxylic acids is 1. The summed E-state index contributed by atoms with van der Waals surface area (Å²) in [7, 11) is -17.3. The highest BCUT2D eigenvalue weighted by atomic mass is 31.3. The molecule has 0 spiro atoms. The van der Waals surface area contributed by atoms with Gasteiger partial charge < -0.3 is 44.7 Å². The molecule has 21 heteroatoms. The number of carbonyl (C=O) groups is 1. The highest BCUT2D eigenvalue weighted by Crippen LogP contribution is 2.67. The van der Waals surface area contributed by atoms with Crippen LogP contribution in [-0.2, 0) is 36.4 Å². The lowest BCUT2D eigenvalue weighted by molar-refractivity contribution is -0.143. The third-order valence-corrected chi connectivity index (χ3v) is 8.49. The quantitative estimate of drug-likeness (QED) is 0.178. The number of phosphoric ester groups is 1. The molecule has 2 aliphatic rings. The van der Waals surface area contributed by atoms with Gasteiger partial charge >= 0.3 is 23.5 Å². The van der Waals surface area contributed by atoms with Gasteiger partial charge in [-0.05, 0) is 13.8 Å². The van der Waals surface area contributed by atoms with Crippen molar-refractivity contribution in [1.29, 1.82) is 0 Å². The number of amides is 1. The maximum atomic E-state index is 13.8. The predicted octanol–water partition coefficient (Wildman–Crippen LogP) is -0.391. The molecular weight excluding hydrogens is 539 g/mol. The summed E-state index contributed by atoms with van der Waals surface area (Å²) < 4.78 is 79.2. The van der Waals surface area contributed by atoms with Crippen LogP contribution in [-0.4, -0.2) is 76.9 Å². The SMILES string of the molecule is C=C1NC(=O)C(F)=CN1[C@@H]1O[C@H](C(C)(C)OP(=O)(O)OP(=O)(O)OP(=O)(O)O)[C@H](O)C1(O)CF. The Bertz CT molecular complexity index is 1030. The maximum absolute atomic E-state index is 13.8. The fraction of sp³-hybridized carbons (Fsp3) is 0.615. The van der Waals surface area contributed by atoms with Crippen molar-refractivity contribution in [1.82, 2.24) is 10.2 Å². The van der Waals surface area contributed by atoms with Gasteiger partial charge in [0.1, 0.15) is 30.3 Å². The van der Waals surface area contributed by atoms with E-state index in [0.717, 1.165) is 13.8 Å². The molecule has 0 aliphatic carbocycles. The van der Waals surface area contributed by atoms with Crippen LogP contribution in [0.25, 0.3) is 0 Å². The summed E-state index contributed by atoms with van der Waals surface area (Å²) in [5, 5.41) is 23.2. The number of aliphatic hydroxyl groups excluding tert-OH is 1. The maximum Gasteiger partial charge on any atom is 0.490 e. The van der Waals surface area contributed by atoms with Gasteiger partial charge in [-0.25, -0.2) is 18.1 Å². The summed E-state index contributed by atoms with van der Waals surface area (Å²) in [4.78, 5) is 48.2. The summed E-state index contributed by atoms with van der Waals surface area (Å²) >= 11 is 0. The van der Waals surface area contributed by atoms with Crippen LogP contribution in [0.1, 0.15) is 13.8 Å². The molecular formula is C13H21F2N2O14P3. The smallest absolute Gasteiger partial charge is 0.387 e. The van der Waals surface area contributed by atoms with Crippen LogP contribution >= 0.6 is 23.5 Å². The lowest BCUT2D eigenvalue weighted by Crippen LogP contribution is -2.58. The summed E-state index contributed by atoms with van der Waals surface area (Å²) in [5.41, 5.74) is -5.14. The van der Waals surface area contributed by atoms with Crippen LogP contribution in [0.15, 0.2) is 24.4 Å². The van der Waals surface area contributed by atoms with Crippen molar-refractivity contribution >= 4 is 29.4 Å². The van der Waals surface area contributed by atoms with Crippen LogP contribution in [0, 0.1) is 0 Å². The molecule has 0 aromatic rings. The Balaban J connectivity index is 2.32. The number of phosphoric acid groups is 3. The topological polar surface area (TPSA) is 242 Å². The molecule has 2 aliphatic heterocycles. The number of rotatable bonds is 9. The minimum Gasteiger partial charge on any atom is -0.387 e. The van der Waals surface area contributed by atoms with Gasteiger partial charge in [-0.15, -0.1) is 0 Å². The second-order valence-corrected chi connectivity index (χ2v) is 11.9. The largest absolute Gasteiger partial charge is 0.490 e. The first-order chi connectivity index (χ1) is 15.1. The second kappa shape index (κ2) is 9.41. The van der Waals surface area contributed by atoms with Gasteiger partial charge in [-0.2, -0.15) is 13.0 Å². The first kappa shape index (κ1) is 29.1. The molecule has 0 saturated carbocycles. The predicted molar refractivity (Wildman–Crippen MR) is 103 cm³/mol. The van der Waals surface area contributed by atoms with Crippen LogP contribution in [0.4, 0.5) is 8.78 Å². The van der Waals surface area contributed by atoms with E-state index < -0.39 is 77.3 Å². The zero-order valence-electron chi connectivity index (χ0n) is 17.2. The molecule has 0 bridgehead atoms. The lowest BCUT2D eigenvalue weighted by Gasteiger charge is -2.37. The normalized spacial score (nSPS) is 32.1. The van der Waals surface area contributed by atoms with E-state index in [1.807, 2.05) is 5.32 Å². The molecule has 34 heavy (non-hydrogen) atoms. The summed E-state index contributed by atoms with van der Waals surface area (Å²) in [6.07, 6.45) is -5.71. The van der Waals surface area contributed by atoms with Crippen LogP contribution in [0.5, 0.6) is 0 Å². The third kappa shape index (κ3) is 6.36. The lowest BCUT2D eigenvalue weighted by atomic mass is 9.88. The zero-order chi connectivity index (χ0) is 26.5. The fourth-order valence-electron chi connectivity index (χ4n) is 3.10. The number of nitrogens with one attached hydrogen (secondary N) is 1. The molecule has 6 atom stereocenters. The van der Waals surface area contributed by atoms with Crippen molar-refractivity contribution in [3.63, 3.8) is 0 Å². The number of ether oxygens (including phenoxy) is 1. The Morgan fingerprint density at radius 3 is 2.29 bits per heavy atom. The molecule has 0 aromatic carbocycles. The van der Waals surface area contributed by atoms with E-state index in [2.05, 4.69) is 19.7 Å². The molecule has 3 unspecified atom stereocenters. The Morgan fingerprint density at radius 2 is 1.79 bits per heavy atom. The van der Waals surface area contributed by atoms with E-state index >= 15 is 0 Å². The number of hydrogen-bond acceptors (Lipinski definition) is 11. The summed E-state index contributed by atoms with van der Waals surface area (Å²) in [6.45, 7) is 3.49. The first-order valence-electron chi connectivity index (χ1n) is 8.76. The average Bonchev–Trinajstić information content (AvgIpc) is 2.87. The number of halogens is 2. The van der Waals surface area contributed by atoms with Gasteiger partial charge in [0.25, 0.3) is 5.91 Å². The Kier molecular flexibility index (Phi) is 8.06. The molecule has 0 aromatic heterocycles. The van der Waals surface area contributed by atoms with Crippen molar-refractivity contribution in [3.8, 4) is 0 Å². The summed E-state index contributed by atoms with van der Waals surface area (Å²) in [5.74, 6) is -3.02. The van der Waals surface area contributed by atoms with E-state index in [1.54, 1.807) is 0 Å². The third-order valence-electron chi connectivity index (χ3n) is 4.46. The van der Waals surface area contributed by atoms with Crippen molar-refractivity contribution in [3.05, 3.63) is 24.4 Å². The Labute approximate surface area is 189 Å². The molecule has 2 rings (SSSR count). The van der Waals surface area contributed by atoms with Crippen molar-refractivity contribution in [2.45, 2.75) is 43.5 Å². The van der Waals surface area contributed by atoms with Crippen molar-refractivity contribution < 1.29 is 74.9 Å². The molecule has 1 saturated heterocycles. The molecule has 2 heterocycles. The molecule has 7 N–H and O–H groups in total. The standard InChI is InChI=1S/C13H21F2N2O14P3/c1-6-16-10(19)7(15)4-17(6)11-13(20,5-14)8(18)9(28-11)12(2,3)29-33(24,25)31-34(26,27)30-32(21,22)23/h4,8-9,11,18,20H,1,5H2,2-3H3,(H,16,19)(H,24,25)(H,26,27)(H2,21,22,23)/t8-,9-,11+,13?/m0/s1.